The van der Waals surface area contributed by atoms with Crippen LogP contribution in [0.1, 0.15) is 40.5 Å². The van der Waals surface area contributed by atoms with Crippen molar-refractivity contribution in [2.24, 2.45) is 0 Å². The van der Waals surface area contributed by atoms with Gasteiger partial charge in [0, 0.05) is 18.5 Å². The summed E-state index contributed by atoms with van der Waals surface area (Å²) >= 11 is 0. The summed E-state index contributed by atoms with van der Waals surface area (Å²) < 4.78 is 0. The average molecular weight is 216 g/mol. The number of hydrogen-bond donors (Lipinski definition) is 3. The highest BCUT2D eigenvalue weighted by Gasteiger charge is 2.12. The third-order valence-electron chi connectivity index (χ3n) is 2.15. The Balaban J connectivity index is 3.72. The van der Waals surface area contributed by atoms with Gasteiger partial charge in [0.1, 0.15) is 0 Å². The van der Waals surface area contributed by atoms with Gasteiger partial charge in [-0.25, -0.2) is 0 Å². The highest BCUT2D eigenvalue weighted by Crippen LogP contribution is 1.98. The first kappa shape index (κ1) is 14.4. The standard InChI is InChI=1S/C11H24N2O2/c1-5-12-8(2)7-11(15)13-9(3)6-10(4)14/h8-10,12,14H,5-7H2,1-4H3,(H,13,15). The van der Waals surface area contributed by atoms with Gasteiger partial charge in [0.2, 0.25) is 5.91 Å². The topological polar surface area (TPSA) is 61.4 Å². The van der Waals surface area contributed by atoms with Crippen LogP contribution in [0.15, 0.2) is 0 Å². The van der Waals surface area contributed by atoms with Gasteiger partial charge in [-0.15, -0.1) is 0 Å². The zero-order valence-electron chi connectivity index (χ0n) is 10.2. The third-order valence-corrected chi connectivity index (χ3v) is 2.15. The minimum absolute atomic E-state index is 0.0336. The van der Waals surface area contributed by atoms with Gasteiger partial charge in [-0.3, -0.25) is 4.79 Å². The molecule has 90 valence electrons. The predicted octanol–water partition coefficient (Wildman–Crippen LogP) is 0.650. The molecule has 0 aliphatic heterocycles. The molecule has 0 heterocycles. The smallest absolute Gasteiger partial charge is 0.221 e. The summed E-state index contributed by atoms with van der Waals surface area (Å²) in [5.41, 5.74) is 0. The first-order valence-electron chi connectivity index (χ1n) is 5.66. The van der Waals surface area contributed by atoms with E-state index in [4.69, 9.17) is 5.11 Å². The molecule has 1 amide bonds. The quantitative estimate of drug-likeness (QED) is 0.585. The molecule has 15 heavy (non-hydrogen) atoms. The fourth-order valence-electron chi connectivity index (χ4n) is 1.60. The van der Waals surface area contributed by atoms with Crippen LogP contribution in [-0.4, -0.2) is 35.7 Å². The van der Waals surface area contributed by atoms with Crippen LogP contribution in [0, 0.1) is 0 Å². The van der Waals surface area contributed by atoms with Crippen LogP contribution >= 0.6 is 0 Å². The zero-order chi connectivity index (χ0) is 11.8. The van der Waals surface area contributed by atoms with E-state index in [1.807, 2.05) is 20.8 Å². The van der Waals surface area contributed by atoms with Gasteiger partial charge in [0.25, 0.3) is 0 Å². The Morgan fingerprint density at radius 2 is 1.87 bits per heavy atom. The molecular weight excluding hydrogens is 192 g/mol. The molecule has 0 bridgehead atoms. The molecule has 0 rings (SSSR count). The molecule has 0 aromatic heterocycles. The van der Waals surface area contributed by atoms with Crippen molar-refractivity contribution in [1.82, 2.24) is 10.6 Å². The Bertz CT molecular complexity index is 183. The molecule has 0 saturated heterocycles. The predicted molar refractivity (Wildman–Crippen MR) is 61.7 cm³/mol. The minimum atomic E-state index is -0.369. The van der Waals surface area contributed by atoms with E-state index in [-0.39, 0.29) is 24.1 Å². The molecule has 0 aromatic rings. The zero-order valence-corrected chi connectivity index (χ0v) is 10.2. The third kappa shape index (κ3) is 8.39. The molecule has 4 heteroatoms. The van der Waals surface area contributed by atoms with Crippen LogP contribution < -0.4 is 10.6 Å². The van der Waals surface area contributed by atoms with Gasteiger partial charge in [0.15, 0.2) is 0 Å². The molecular formula is C11H24N2O2. The molecule has 0 aliphatic rings. The van der Waals surface area contributed by atoms with E-state index in [9.17, 15) is 4.79 Å². The van der Waals surface area contributed by atoms with E-state index in [0.29, 0.717) is 12.8 Å². The Morgan fingerprint density at radius 1 is 1.27 bits per heavy atom. The Kier molecular flexibility index (Phi) is 7.34. The normalized spacial score (nSPS) is 16.9. The number of aliphatic hydroxyl groups excluding tert-OH is 1. The molecule has 0 aliphatic carbocycles. The Labute approximate surface area is 92.4 Å². The van der Waals surface area contributed by atoms with Crippen molar-refractivity contribution in [1.29, 1.82) is 0 Å². The second-order valence-electron chi connectivity index (χ2n) is 4.22. The summed E-state index contributed by atoms with van der Waals surface area (Å²) in [6.45, 7) is 8.51. The van der Waals surface area contributed by atoms with Crippen molar-refractivity contribution in [2.75, 3.05) is 6.54 Å². The first-order chi connectivity index (χ1) is 6.95. The largest absolute Gasteiger partial charge is 0.393 e. The lowest BCUT2D eigenvalue weighted by atomic mass is 10.1. The lowest BCUT2D eigenvalue weighted by molar-refractivity contribution is -0.122. The fraction of sp³-hybridized carbons (Fsp3) is 0.909. The lowest BCUT2D eigenvalue weighted by Gasteiger charge is -2.17. The minimum Gasteiger partial charge on any atom is -0.393 e. The summed E-state index contributed by atoms with van der Waals surface area (Å²) in [4.78, 5) is 11.5. The number of amides is 1. The lowest BCUT2D eigenvalue weighted by Crippen LogP contribution is -2.38. The van der Waals surface area contributed by atoms with Crippen molar-refractivity contribution >= 4 is 5.91 Å². The van der Waals surface area contributed by atoms with Crippen LogP contribution in [0.25, 0.3) is 0 Å². The maximum atomic E-state index is 11.5. The fourth-order valence-corrected chi connectivity index (χ4v) is 1.60. The van der Waals surface area contributed by atoms with E-state index < -0.39 is 0 Å². The summed E-state index contributed by atoms with van der Waals surface area (Å²) in [7, 11) is 0. The highest BCUT2D eigenvalue weighted by atomic mass is 16.3. The van der Waals surface area contributed by atoms with Crippen molar-refractivity contribution in [3.63, 3.8) is 0 Å². The second-order valence-corrected chi connectivity index (χ2v) is 4.22. The molecule has 0 fully saturated rings. The summed E-state index contributed by atoms with van der Waals surface area (Å²) in [5.74, 6) is 0.0385. The van der Waals surface area contributed by atoms with Crippen LogP contribution in [0.3, 0.4) is 0 Å². The van der Waals surface area contributed by atoms with Gasteiger partial charge in [-0.1, -0.05) is 6.92 Å². The van der Waals surface area contributed by atoms with Crippen LogP contribution in [0.5, 0.6) is 0 Å². The Hall–Kier alpha value is -0.610. The number of rotatable bonds is 7. The van der Waals surface area contributed by atoms with Crippen molar-refractivity contribution in [3.05, 3.63) is 0 Å². The molecule has 3 atom stereocenters. The molecule has 0 aromatic carbocycles. The van der Waals surface area contributed by atoms with Crippen LogP contribution in [0.4, 0.5) is 0 Å². The van der Waals surface area contributed by atoms with E-state index in [0.717, 1.165) is 6.54 Å². The summed E-state index contributed by atoms with van der Waals surface area (Å²) in [5, 5.41) is 15.2. The number of aliphatic hydroxyl groups is 1. The maximum Gasteiger partial charge on any atom is 0.221 e. The number of nitrogens with one attached hydrogen (secondary N) is 2. The molecule has 4 nitrogen and oxygen atoms in total. The van der Waals surface area contributed by atoms with Crippen molar-refractivity contribution in [3.8, 4) is 0 Å². The molecule has 3 unspecified atom stereocenters. The van der Waals surface area contributed by atoms with Gasteiger partial charge in [-0.05, 0) is 33.7 Å². The average Bonchev–Trinajstić information content (AvgIpc) is 2.00. The summed E-state index contributed by atoms with van der Waals surface area (Å²) in [6.07, 6.45) is 0.714. The van der Waals surface area contributed by atoms with Gasteiger partial charge < -0.3 is 15.7 Å². The molecule has 0 spiro atoms. The van der Waals surface area contributed by atoms with E-state index in [2.05, 4.69) is 10.6 Å². The molecule has 0 saturated carbocycles. The highest BCUT2D eigenvalue weighted by molar-refractivity contribution is 5.76. The van der Waals surface area contributed by atoms with Crippen molar-refractivity contribution in [2.45, 2.75) is 58.7 Å². The van der Waals surface area contributed by atoms with E-state index in [1.165, 1.54) is 0 Å². The number of carbonyl (C=O) groups excluding carboxylic acids is 1. The van der Waals surface area contributed by atoms with Gasteiger partial charge >= 0.3 is 0 Å². The summed E-state index contributed by atoms with van der Waals surface area (Å²) in [6, 6.07) is 0.236. The molecule has 0 radical (unpaired) electrons. The van der Waals surface area contributed by atoms with E-state index in [1.54, 1.807) is 6.92 Å². The molecule has 3 N–H and O–H groups in total. The van der Waals surface area contributed by atoms with Crippen molar-refractivity contribution < 1.29 is 9.90 Å². The van der Waals surface area contributed by atoms with Crippen LogP contribution in [0.2, 0.25) is 0 Å². The Morgan fingerprint density at radius 3 is 2.33 bits per heavy atom. The SMILES string of the molecule is CCNC(C)CC(=O)NC(C)CC(C)O. The monoisotopic (exact) mass is 216 g/mol. The second kappa shape index (κ2) is 7.65. The van der Waals surface area contributed by atoms with Crippen LogP contribution in [-0.2, 0) is 4.79 Å². The van der Waals surface area contributed by atoms with E-state index >= 15 is 0 Å². The maximum absolute atomic E-state index is 11.5. The number of hydrogen-bond acceptors (Lipinski definition) is 3. The van der Waals surface area contributed by atoms with Gasteiger partial charge in [0.05, 0.1) is 6.10 Å². The number of carbonyl (C=O) groups is 1. The van der Waals surface area contributed by atoms with Gasteiger partial charge in [-0.2, -0.15) is 0 Å². The first-order valence-corrected chi connectivity index (χ1v) is 5.66.